The van der Waals surface area contributed by atoms with E-state index in [0.29, 0.717) is 5.69 Å². The van der Waals surface area contributed by atoms with Crippen LogP contribution in [0.25, 0.3) is 0 Å². The van der Waals surface area contributed by atoms with Gasteiger partial charge < -0.3 is 9.88 Å². The molecule has 1 aliphatic heterocycles. The van der Waals surface area contributed by atoms with Crippen LogP contribution >= 0.6 is 0 Å². The van der Waals surface area contributed by atoms with Crippen molar-refractivity contribution in [1.82, 2.24) is 13.9 Å². The van der Waals surface area contributed by atoms with Crippen molar-refractivity contribution in [3.8, 4) is 0 Å². The number of hydrogen-bond acceptors (Lipinski definition) is 4. The van der Waals surface area contributed by atoms with Crippen molar-refractivity contribution in [2.45, 2.75) is 17.0 Å². The van der Waals surface area contributed by atoms with Crippen LogP contribution in [-0.2, 0) is 17.1 Å². The van der Waals surface area contributed by atoms with E-state index in [9.17, 15) is 21.6 Å². The fraction of sp³-hybridized carbons (Fsp3) is 0.250. The molecule has 0 spiro atoms. The molecule has 6 nitrogen and oxygen atoms in total. The van der Waals surface area contributed by atoms with Crippen molar-refractivity contribution in [3.05, 3.63) is 78.0 Å². The predicted octanol–water partition coefficient (Wildman–Crippen LogP) is 3.11. The van der Waals surface area contributed by atoms with Gasteiger partial charge in [-0.05, 0) is 29.8 Å². The van der Waals surface area contributed by atoms with Crippen LogP contribution in [0.2, 0.25) is 0 Å². The van der Waals surface area contributed by atoms with Gasteiger partial charge in [-0.3, -0.25) is 0 Å². The Morgan fingerprint density at radius 2 is 1.77 bits per heavy atom. The quantitative estimate of drug-likeness (QED) is 0.668. The number of aromatic nitrogens is 2. The molecule has 2 atom stereocenters. The summed E-state index contributed by atoms with van der Waals surface area (Å²) in [5.41, 5.74) is 1.05. The molecule has 0 bridgehead atoms. The molecule has 0 saturated carbocycles. The van der Waals surface area contributed by atoms with Crippen LogP contribution in [0.3, 0.4) is 0 Å². The Kier molecular flexibility index (Phi) is 5.29. The average Bonchev–Trinajstić information content (AvgIpc) is 3.33. The average molecular weight is 436 g/mol. The Labute approximate surface area is 172 Å². The molecule has 1 N–H and O–H groups in total. The normalized spacial score (nSPS) is 19.9. The number of hydrogen-bond donors (Lipinski definition) is 1. The minimum atomic E-state index is -3.85. The van der Waals surface area contributed by atoms with Crippen molar-refractivity contribution >= 4 is 15.7 Å². The first-order valence-corrected chi connectivity index (χ1v) is 10.6. The summed E-state index contributed by atoms with van der Waals surface area (Å²) in [6, 6.07) is 8.76. The molecule has 3 aromatic rings. The Bertz CT molecular complexity index is 1170. The zero-order valence-corrected chi connectivity index (χ0v) is 16.8. The van der Waals surface area contributed by atoms with Gasteiger partial charge in [-0.1, -0.05) is 12.1 Å². The first-order chi connectivity index (χ1) is 14.2. The van der Waals surface area contributed by atoms with Gasteiger partial charge in [0.15, 0.2) is 16.7 Å². The standard InChI is InChI=1S/C20H19F3N4O2S/c1-26-11-20(24-12-26)30(28,29)27-9-16(13-2-4-14(21)5-3-13)19(10-27)25-15-6-7-17(22)18(23)8-15/h2-8,11-12,16,19,25H,9-10H2,1H3/t16-,19+/m0/s1. The van der Waals surface area contributed by atoms with E-state index in [0.717, 1.165) is 17.7 Å². The molecule has 0 radical (unpaired) electrons. The predicted molar refractivity (Wildman–Crippen MR) is 105 cm³/mol. The van der Waals surface area contributed by atoms with E-state index in [1.165, 1.54) is 39.6 Å². The Hall–Kier alpha value is -2.85. The Morgan fingerprint density at radius 1 is 1.03 bits per heavy atom. The highest BCUT2D eigenvalue weighted by Crippen LogP contribution is 2.33. The third kappa shape index (κ3) is 3.92. The number of halogens is 3. The number of rotatable bonds is 5. The lowest BCUT2D eigenvalue weighted by molar-refractivity contribution is 0.468. The molecule has 1 fully saturated rings. The van der Waals surface area contributed by atoms with Crippen LogP contribution in [-0.4, -0.2) is 41.4 Å². The molecule has 10 heteroatoms. The number of imidazole rings is 1. The Balaban J connectivity index is 1.66. The molecule has 0 aliphatic carbocycles. The smallest absolute Gasteiger partial charge is 0.262 e. The zero-order valence-electron chi connectivity index (χ0n) is 16.0. The van der Waals surface area contributed by atoms with Gasteiger partial charge in [-0.25, -0.2) is 26.6 Å². The summed E-state index contributed by atoms with van der Waals surface area (Å²) in [5, 5.41) is 3.03. The van der Waals surface area contributed by atoms with Gasteiger partial charge in [0.25, 0.3) is 10.0 Å². The largest absolute Gasteiger partial charge is 0.380 e. The van der Waals surface area contributed by atoms with Gasteiger partial charge in [0.1, 0.15) is 5.82 Å². The van der Waals surface area contributed by atoms with E-state index in [2.05, 4.69) is 10.3 Å². The second-order valence-corrected chi connectivity index (χ2v) is 9.12. The van der Waals surface area contributed by atoms with Crippen LogP contribution in [0.15, 0.2) is 60.0 Å². The van der Waals surface area contributed by atoms with Crippen LogP contribution in [0.5, 0.6) is 0 Å². The highest BCUT2D eigenvalue weighted by molar-refractivity contribution is 7.89. The summed E-state index contributed by atoms with van der Waals surface area (Å²) < 4.78 is 69.2. The highest BCUT2D eigenvalue weighted by Gasteiger charge is 2.41. The zero-order chi connectivity index (χ0) is 21.5. The summed E-state index contributed by atoms with van der Waals surface area (Å²) >= 11 is 0. The molecular weight excluding hydrogens is 417 g/mol. The SMILES string of the molecule is Cn1cnc(S(=O)(=O)N2C[C@@H](Nc3ccc(F)c(F)c3)[C@H](c3ccc(F)cc3)C2)c1. The van der Waals surface area contributed by atoms with Crippen LogP contribution in [0.1, 0.15) is 11.5 Å². The van der Waals surface area contributed by atoms with E-state index in [-0.39, 0.29) is 24.0 Å². The van der Waals surface area contributed by atoms with Gasteiger partial charge in [0, 0.05) is 50.0 Å². The van der Waals surface area contributed by atoms with Crippen LogP contribution in [0, 0.1) is 17.5 Å². The highest BCUT2D eigenvalue weighted by atomic mass is 32.2. The first kappa shape index (κ1) is 20.4. The number of benzene rings is 2. The maximum Gasteiger partial charge on any atom is 0.262 e. The summed E-state index contributed by atoms with van der Waals surface area (Å²) in [5.74, 6) is -2.72. The lowest BCUT2D eigenvalue weighted by Crippen LogP contribution is -2.32. The van der Waals surface area contributed by atoms with Crippen LogP contribution in [0.4, 0.5) is 18.9 Å². The minimum absolute atomic E-state index is 0.0728. The number of nitrogens with zero attached hydrogens (tertiary/aromatic N) is 3. The van der Waals surface area contributed by atoms with E-state index in [1.54, 1.807) is 19.2 Å². The van der Waals surface area contributed by atoms with E-state index in [4.69, 9.17) is 0 Å². The monoisotopic (exact) mass is 436 g/mol. The molecular formula is C20H19F3N4O2S. The molecule has 0 amide bonds. The lowest BCUT2D eigenvalue weighted by Gasteiger charge is -2.21. The number of sulfonamides is 1. The molecule has 1 aromatic heterocycles. The third-order valence-electron chi connectivity index (χ3n) is 5.14. The lowest BCUT2D eigenvalue weighted by atomic mass is 9.94. The number of anilines is 1. The summed E-state index contributed by atoms with van der Waals surface area (Å²) in [4.78, 5) is 3.94. The van der Waals surface area contributed by atoms with Crippen molar-refractivity contribution in [3.63, 3.8) is 0 Å². The van der Waals surface area contributed by atoms with E-state index < -0.39 is 33.5 Å². The second-order valence-electron chi connectivity index (χ2n) is 7.24. The van der Waals surface area contributed by atoms with Crippen molar-refractivity contribution in [2.24, 2.45) is 7.05 Å². The molecule has 30 heavy (non-hydrogen) atoms. The van der Waals surface area contributed by atoms with Crippen molar-refractivity contribution in [1.29, 1.82) is 0 Å². The number of aryl methyl sites for hydroxylation is 1. The van der Waals surface area contributed by atoms with Crippen molar-refractivity contribution < 1.29 is 21.6 Å². The molecule has 0 unspecified atom stereocenters. The maximum atomic E-state index is 13.6. The molecule has 4 rings (SSSR count). The minimum Gasteiger partial charge on any atom is -0.380 e. The first-order valence-electron chi connectivity index (χ1n) is 9.19. The van der Waals surface area contributed by atoms with Gasteiger partial charge >= 0.3 is 0 Å². The Morgan fingerprint density at radius 3 is 2.40 bits per heavy atom. The molecule has 158 valence electrons. The fourth-order valence-electron chi connectivity index (χ4n) is 3.61. The van der Waals surface area contributed by atoms with Gasteiger partial charge in [-0.2, -0.15) is 4.31 Å². The second kappa shape index (κ2) is 7.77. The molecule has 2 heterocycles. The van der Waals surface area contributed by atoms with Gasteiger partial charge in [0.05, 0.1) is 6.33 Å². The van der Waals surface area contributed by atoms with Crippen LogP contribution < -0.4 is 5.32 Å². The maximum absolute atomic E-state index is 13.6. The summed E-state index contributed by atoms with van der Waals surface area (Å²) in [7, 11) is -2.18. The molecule has 2 aromatic carbocycles. The number of nitrogens with one attached hydrogen (secondary N) is 1. The molecule has 1 aliphatic rings. The molecule has 1 saturated heterocycles. The van der Waals surface area contributed by atoms with Gasteiger partial charge in [0.2, 0.25) is 0 Å². The van der Waals surface area contributed by atoms with E-state index in [1.807, 2.05) is 0 Å². The fourth-order valence-corrected chi connectivity index (χ4v) is 5.07. The topological polar surface area (TPSA) is 67.2 Å². The van der Waals surface area contributed by atoms with Gasteiger partial charge in [-0.15, -0.1) is 0 Å². The summed E-state index contributed by atoms with van der Waals surface area (Å²) in [6.45, 7) is 0.214. The summed E-state index contributed by atoms with van der Waals surface area (Å²) in [6.07, 6.45) is 2.82. The van der Waals surface area contributed by atoms with E-state index >= 15 is 0 Å². The third-order valence-corrected chi connectivity index (χ3v) is 6.86. The van der Waals surface area contributed by atoms with Crippen molar-refractivity contribution in [2.75, 3.05) is 18.4 Å².